The van der Waals surface area contributed by atoms with E-state index in [0.717, 1.165) is 37.2 Å². The molecule has 0 saturated carbocycles. The van der Waals surface area contributed by atoms with E-state index in [1.165, 1.54) is 0 Å². The maximum atomic E-state index is 12.1. The van der Waals surface area contributed by atoms with E-state index in [9.17, 15) is 4.79 Å². The third-order valence-electron chi connectivity index (χ3n) is 3.68. The Morgan fingerprint density at radius 2 is 2.29 bits per heavy atom. The molecule has 1 atom stereocenters. The van der Waals surface area contributed by atoms with Crippen LogP contribution in [0.4, 0.5) is 11.4 Å². The van der Waals surface area contributed by atoms with Crippen LogP contribution in [-0.4, -0.2) is 31.6 Å². The Hall–Kier alpha value is -1.91. The van der Waals surface area contributed by atoms with Gasteiger partial charge in [0.1, 0.15) is 11.9 Å². The highest BCUT2D eigenvalue weighted by Gasteiger charge is 2.26. The molecule has 1 heterocycles. The molecule has 1 amide bonds. The van der Waals surface area contributed by atoms with Gasteiger partial charge in [0.2, 0.25) is 5.91 Å². The summed E-state index contributed by atoms with van der Waals surface area (Å²) in [4.78, 5) is 14.1. The van der Waals surface area contributed by atoms with Gasteiger partial charge in [0.05, 0.1) is 18.8 Å². The number of carbonyl (C=O) groups excluding carboxylic acids is 1. The minimum absolute atomic E-state index is 0.0496. The number of nitrogens with zero attached hydrogens (tertiary/aromatic N) is 1. The van der Waals surface area contributed by atoms with Crippen molar-refractivity contribution < 1.29 is 9.53 Å². The first-order valence-electron chi connectivity index (χ1n) is 7.71. The Bertz CT molecular complexity index is 490. The summed E-state index contributed by atoms with van der Waals surface area (Å²) < 4.78 is 5.92. The number of benzene rings is 1. The number of hydrogen-bond donors (Lipinski definition) is 2. The fourth-order valence-electron chi connectivity index (χ4n) is 2.44. The third-order valence-corrected chi connectivity index (χ3v) is 3.68. The zero-order chi connectivity index (χ0) is 15.2. The van der Waals surface area contributed by atoms with E-state index < -0.39 is 0 Å². The lowest BCUT2D eigenvalue weighted by atomic mass is 10.1. The molecule has 1 aromatic rings. The normalized spacial score (nSPS) is 17.0. The second kappa shape index (κ2) is 7.20. The van der Waals surface area contributed by atoms with Crippen molar-refractivity contribution in [3.05, 3.63) is 18.2 Å². The van der Waals surface area contributed by atoms with E-state index in [1.807, 2.05) is 18.2 Å². The summed E-state index contributed by atoms with van der Waals surface area (Å²) in [5.74, 6) is 0.859. The van der Waals surface area contributed by atoms with Gasteiger partial charge < -0.3 is 20.7 Å². The number of nitrogens with one attached hydrogen (secondary N) is 1. The Kier molecular flexibility index (Phi) is 5.31. The van der Waals surface area contributed by atoms with Crippen LogP contribution in [0.5, 0.6) is 5.75 Å². The molecule has 5 heteroatoms. The van der Waals surface area contributed by atoms with Gasteiger partial charge in [-0.15, -0.1) is 0 Å². The van der Waals surface area contributed by atoms with Crippen molar-refractivity contribution >= 4 is 17.3 Å². The van der Waals surface area contributed by atoms with Gasteiger partial charge in [-0.05, 0) is 31.0 Å². The molecule has 0 bridgehead atoms. The first-order valence-corrected chi connectivity index (χ1v) is 7.71. The van der Waals surface area contributed by atoms with Crippen molar-refractivity contribution in [3.8, 4) is 5.75 Å². The van der Waals surface area contributed by atoms with Crippen LogP contribution in [0.3, 0.4) is 0 Å². The van der Waals surface area contributed by atoms with E-state index >= 15 is 0 Å². The Labute approximate surface area is 126 Å². The smallest absolute Gasteiger partial charge is 0.239 e. The number of nitrogen functional groups attached to an aromatic ring is 1. The van der Waals surface area contributed by atoms with Gasteiger partial charge in [0, 0.05) is 12.2 Å². The molecule has 0 fully saturated rings. The number of ether oxygens (including phenoxy) is 1. The highest BCUT2D eigenvalue weighted by molar-refractivity contribution is 5.82. The van der Waals surface area contributed by atoms with E-state index in [2.05, 4.69) is 24.1 Å². The maximum Gasteiger partial charge on any atom is 0.239 e. The summed E-state index contributed by atoms with van der Waals surface area (Å²) in [5, 5.41) is 2.96. The van der Waals surface area contributed by atoms with Gasteiger partial charge in [-0.2, -0.15) is 0 Å². The number of fused-ring (bicyclic) bond motifs is 1. The average molecular weight is 291 g/mol. The maximum absolute atomic E-state index is 12.1. The van der Waals surface area contributed by atoms with E-state index in [0.29, 0.717) is 18.8 Å². The first kappa shape index (κ1) is 15.5. The number of carbonyl (C=O) groups is 1. The van der Waals surface area contributed by atoms with Crippen LogP contribution in [0, 0.1) is 0 Å². The van der Waals surface area contributed by atoms with Crippen LogP contribution in [-0.2, 0) is 4.79 Å². The SMILES string of the molecule is CCCCNC(=O)CN1CC(CC)Oc2ccc(N)cc21. The van der Waals surface area contributed by atoms with E-state index in [-0.39, 0.29) is 12.0 Å². The molecule has 0 aliphatic carbocycles. The zero-order valence-electron chi connectivity index (χ0n) is 12.9. The number of amides is 1. The second-order valence-electron chi connectivity index (χ2n) is 5.46. The number of hydrogen-bond acceptors (Lipinski definition) is 4. The van der Waals surface area contributed by atoms with Crippen molar-refractivity contribution in [2.45, 2.75) is 39.2 Å². The number of rotatable bonds is 6. The van der Waals surface area contributed by atoms with Gasteiger partial charge in [-0.1, -0.05) is 20.3 Å². The molecule has 116 valence electrons. The lowest BCUT2D eigenvalue weighted by Gasteiger charge is -2.35. The molecule has 1 aliphatic heterocycles. The lowest BCUT2D eigenvalue weighted by Crippen LogP contribution is -2.45. The predicted molar refractivity (Wildman–Crippen MR) is 85.7 cm³/mol. The molecule has 0 spiro atoms. The molecular weight excluding hydrogens is 266 g/mol. The molecule has 21 heavy (non-hydrogen) atoms. The second-order valence-corrected chi connectivity index (χ2v) is 5.46. The number of anilines is 2. The summed E-state index contributed by atoms with van der Waals surface area (Å²) in [6, 6.07) is 5.59. The molecule has 0 saturated heterocycles. The van der Waals surface area contributed by atoms with Gasteiger partial charge in [-0.3, -0.25) is 4.79 Å². The molecule has 5 nitrogen and oxygen atoms in total. The predicted octanol–water partition coefficient (Wildman–Crippen LogP) is 2.16. The highest BCUT2D eigenvalue weighted by Crippen LogP contribution is 2.35. The minimum atomic E-state index is 0.0496. The molecule has 0 radical (unpaired) electrons. The summed E-state index contributed by atoms with van der Waals surface area (Å²) in [6.07, 6.45) is 3.12. The van der Waals surface area contributed by atoms with Gasteiger partial charge in [0.15, 0.2) is 0 Å². The Balaban J connectivity index is 2.07. The molecule has 1 unspecified atom stereocenters. The molecule has 0 aromatic heterocycles. The molecular formula is C16H25N3O2. The monoisotopic (exact) mass is 291 g/mol. The van der Waals surface area contributed by atoms with Crippen LogP contribution < -0.4 is 20.7 Å². The fourth-order valence-corrected chi connectivity index (χ4v) is 2.44. The summed E-state index contributed by atoms with van der Waals surface area (Å²) in [5.41, 5.74) is 7.45. The van der Waals surface area contributed by atoms with Crippen LogP contribution in [0.25, 0.3) is 0 Å². The van der Waals surface area contributed by atoms with Gasteiger partial charge in [-0.25, -0.2) is 0 Å². The Morgan fingerprint density at radius 1 is 1.48 bits per heavy atom. The average Bonchev–Trinajstić information content (AvgIpc) is 2.47. The summed E-state index contributed by atoms with van der Waals surface area (Å²) in [6.45, 7) is 6.00. The zero-order valence-corrected chi connectivity index (χ0v) is 12.9. The minimum Gasteiger partial charge on any atom is -0.486 e. The quantitative estimate of drug-likeness (QED) is 0.622. The van der Waals surface area contributed by atoms with Gasteiger partial charge in [0.25, 0.3) is 0 Å². The van der Waals surface area contributed by atoms with Crippen molar-refractivity contribution in [1.82, 2.24) is 5.32 Å². The molecule has 1 aromatic carbocycles. The third kappa shape index (κ3) is 4.03. The lowest BCUT2D eigenvalue weighted by molar-refractivity contribution is -0.119. The van der Waals surface area contributed by atoms with Crippen LogP contribution in [0.1, 0.15) is 33.1 Å². The van der Waals surface area contributed by atoms with Crippen molar-refractivity contribution in [1.29, 1.82) is 0 Å². The number of nitrogens with two attached hydrogens (primary N) is 1. The van der Waals surface area contributed by atoms with Gasteiger partial charge >= 0.3 is 0 Å². The largest absolute Gasteiger partial charge is 0.486 e. The molecule has 2 rings (SSSR count). The highest BCUT2D eigenvalue weighted by atomic mass is 16.5. The van der Waals surface area contributed by atoms with E-state index in [1.54, 1.807) is 0 Å². The van der Waals surface area contributed by atoms with Crippen LogP contribution in [0.15, 0.2) is 18.2 Å². The van der Waals surface area contributed by atoms with E-state index in [4.69, 9.17) is 10.5 Å². The number of unbranched alkanes of at least 4 members (excludes halogenated alkanes) is 1. The summed E-state index contributed by atoms with van der Waals surface area (Å²) >= 11 is 0. The standard InChI is InChI=1S/C16H25N3O2/c1-3-5-8-18-16(20)11-19-10-13(4-2)21-15-7-6-12(17)9-14(15)19/h6-7,9,13H,3-5,8,10-11,17H2,1-2H3,(H,18,20). The van der Waals surface area contributed by atoms with Crippen molar-refractivity contribution in [2.24, 2.45) is 0 Å². The molecule has 3 N–H and O–H groups in total. The fraction of sp³-hybridized carbons (Fsp3) is 0.562. The first-order chi connectivity index (χ1) is 10.1. The topological polar surface area (TPSA) is 67.6 Å². The van der Waals surface area contributed by atoms with Crippen molar-refractivity contribution in [3.63, 3.8) is 0 Å². The summed E-state index contributed by atoms with van der Waals surface area (Å²) in [7, 11) is 0. The van der Waals surface area contributed by atoms with Crippen molar-refractivity contribution in [2.75, 3.05) is 30.3 Å². The molecule has 1 aliphatic rings. The Morgan fingerprint density at radius 3 is 3.00 bits per heavy atom. The van der Waals surface area contributed by atoms with Crippen LogP contribution >= 0.6 is 0 Å². The van der Waals surface area contributed by atoms with Crippen LogP contribution in [0.2, 0.25) is 0 Å².